The average molecular weight is 381 g/mol. The van der Waals surface area contributed by atoms with E-state index in [9.17, 15) is 14.4 Å². The fraction of sp³-hybridized carbons (Fsp3) is 0.375. The van der Waals surface area contributed by atoms with Crippen molar-refractivity contribution in [2.75, 3.05) is 11.4 Å². The largest absolute Gasteiger partial charge is 0.309 e. The van der Waals surface area contributed by atoms with Crippen LogP contribution in [0, 0.1) is 0 Å². The number of thioether (sulfide) groups is 1. The van der Waals surface area contributed by atoms with E-state index in [4.69, 9.17) is 11.6 Å². The van der Waals surface area contributed by atoms with Gasteiger partial charge in [0.15, 0.2) is 5.17 Å². The molecule has 1 aromatic carbocycles. The Bertz CT molecular complexity index is 813. The SMILES string of the molecule is CCCN1C(=O)[C@]2(SC(NC(C)=O)=NN2C(C)=O)c2cc(Cl)ccc21. The van der Waals surface area contributed by atoms with Crippen molar-refractivity contribution in [3.05, 3.63) is 28.8 Å². The molecule has 0 aromatic heterocycles. The van der Waals surface area contributed by atoms with E-state index in [2.05, 4.69) is 10.4 Å². The van der Waals surface area contributed by atoms with E-state index >= 15 is 0 Å². The van der Waals surface area contributed by atoms with Gasteiger partial charge in [-0.3, -0.25) is 14.4 Å². The molecule has 1 aromatic rings. The summed E-state index contributed by atoms with van der Waals surface area (Å²) in [7, 11) is 0. The first kappa shape index (κ1) is 17.8. The molecule has 2 aliphatic rings. The number of carbonyl (C=O) groups excluding carboxylic acids is 3. The monoisotopic (exact) mass is 380 g/mol. The quantitative estimate of drug-likeness (QED) is 0.853. The first-order valence-electron chi connectivity index (χ1n) is 7.79. The van der Waals surface area contributed by atoms with Crippen molar-refractivity contribution in [3.63, 3.8) is 0 Å². The molecule has 0 unspecified atom stereocenters. The fourth-order valence-corrected chi connectivity index (χ4v) is 4.53. The number of fused-ring (bicyclic) bond motifs is 2. The summed E-state index contributed by atoms with van der Waals surface area (Å²) >= 11 is 7.20. The molecule has 2 heterocycles. The van der Waals surface area contributed by atoms with Crippen LogP contribution in [-0.4, -0.2) is 34.4 Å². The third kappa shape index (κ3) is 2.69. The number of amidine groups is 1. The van der Waals surface area contributed by atoms with Crippen molar-refractivity contribution in [2.24, 2.45) is 5.10 Å². The Balaban J connectivity index is 2.17. The molecule has 1 spiro atoms. The maximum Gasteiger partial charge on any atom is 0.270 e. The second-order valence-electron chi connectivity index (χ2n) is 5.78. The Hall–Kier alpha value is -2.06. The lowest BCUT2D eigenvalue weighted by Gasteiger charge is -2.29. The molecule has 3 rings (SSSR count). The van der Waals surface area contributed by atoms with Crippen molar-refractivity contribution in [2.45, 2.75) is 32.1 Å². The molecule has 2 aliphatic heterocycles. The second kappa shape index (κ2) is 6.34. The number of halogens is 1. The van der Waals surface area contributed by atoms with Crippen molar-refractivity contribution in [3.8, 4) is 0 Å². The van der Waals surface area contributed by atoms with E-state index in [-0.39, 0.29) is 17.0 Å². The molecule has 3 amide bonds. The van der Waals surface area contributed by atoms with E-state index < -0.39 is 10.8 Å². The normalized spacial score (nSPS) is 21.6. The molecule has 1 atom stereocenters. The van der Waals surface area contributed by atoms with Gasteiger partial charge in [0.1, 0.15) is 0 Å². The minimum Gasteiger partial charge on any atom is -0.309 e. The maximum absolute atomic E-state index is 13.3. The van der Waals surface area contributed by atoms with Gasteiger partial charge in [-0.1, -0.05) is 18.5 Å². The molecule has 0 saturated carbocycles. The van der Waals surface area contributed by atoms with E-state index in [1.165, 1.54) is 13.8 Å². The number of amides is 3. The van der Waals surface area contributed by atoms with Gasteiger partial charge in [-0.05, 0) is 36.4 Å². The minimum atomic E-state index is -1.38. The highest BCUT2D eigenvalue weighted by molar-refractivity contribution is 8.15. The van der Waals surface area contributed by atoms with Crippen LogP contribution in [0.4, 0.5) is 5.69 Å². The predicted molar refractivity (Wildman–Crippen MR) is 97.1 cm³/mol. The van der Waals surface area contributed by atoms with Crippen molar-refractivity contribution >= 4 is 51.9 Å². The molecule has 7 nitrogen and oxygen atoms in total. The number of nitrogens with one attached hydrogen (secondary N) is 1. The average Bonchev–Trinajstić information content (AvgIpc) is 3.00. The molecule has 132 valence electrons. The van der Waals surface area contributed by atoms with Crippen molar-refractivity contribution in [1.82, 2.24) is 10.3 Å². The number of hydrogen-bond acceptors (Lipinski definition) is 5. The molecule has 0 fully saturated rings. The number of anilines is 1. The van der Waals surface area contributed by atoms with Gasteiger partial charge in [-0.2, -0.15) is 5.01 Å². The standard InChI is InChI=1S/C16H17ClN4O3S/c1-4-7-20-13-6-5-11(17)8-12(13)16(14(20)24)21(10(3)23)19-15(25-16)18-9(2)22/h5-6,8H,4,7H2,1-3H3,(H,18,19,22)/t16-/m1/s1. The molecule has 0 saturated heterocycles. The van der Waals surface area contributed by atoms with Crippen LogP contribution in [-0.2, 0) is 19.3 Å². The van der Waals surface area contributed by atoms with Crippen LogP contribution in [0.2, 0.25) is 5.02 Å². The molecular formula is C16H17ClN4O3S. The van der Waals surface area contributed by atoms with E-state index in [1.54, 1.807) is 23.1 Å². The van der Waals surface area contributed by atoms with Crippen LogP contribution in [0.1, 0.15) is 32.8 Å². The summed E-state index contributed by atoms with van der Waals surface area (Å²) in [5.41, 5.74) is 1.30. The lowest BCUT2D eigenvalue weighted by molar-refractivity contribution is -0.139. The zero-order valence-corrected chi connectivity index (χ0v) is 15.6. The molecule has 1 N–H and O–H groups in total. The third-order valence-electron chi connectivity index (χ3n) is 3.91. The highest BCUT2D eigenvalue weighted by Crippen LogP contribution is 2.54. The van der Waals surface area contributed by atoms with Gasteiger partial charge in [0.05, 0.1) is 5.69 Å². The highest BCUT2D eigenvalue weighted by Gasteiger charge is 2.61. The summed E-state index contributed by atoms with van der Waals surface area (Å²) in [6.07, 6.45) is 0.758. The third-order valence-corrected chi connectivity index (χ3v) is 5.39. The van der Waals surface area contributed by atoms with Gasteiger partial charge in [0.25, 0.3) is 5.91 Å². The van der Waals surface area contributed by atoms with Crippen molar-refractivity contribution in [1.29, 1.82) is 0 Å². The number of hydrazone groups is 1. The van der Waals surface area contributed by atoms with Crippen LogP contribution >= 0.6 is 23.4 Å². The molecule has 0 radical (unpaired) electrons. The molecule has 25 heavy (non-hydrogen) atoms. The Kier molecular flexibility index (Phi) is 4.51. The van der Waals surface area contributed by atoms with Gasteiger partial charge < -0.3 is 10.2 Å². The van der Waals surface area contributed by atoms with E-state index in [0.717, 1.165) is 23.2 Å². The first-order valence-corrected chi connectivity index (χ1v) is 8.98. The van der Waals surface area contributed by atoms with Gasteiger partial charge in [-0.25, -0.2) is 0 Å². The van der Waals surface area contributed by atoms with Gasteiger partial charge in [0.2, 0.25) is 16.7 Å². The predicted octanol–water partition coefficient (Wildman–Crippen LogP) is 2.25. The Labute approximate surface area is 154 Å². The second-order valence-corrected chi connectivity index (χ2v) is 7.40. The summed E-state index contributed by atoms with van der Waals surface area (Å²) in [5, 5.41) is 8.55. The van der Waals surface area contributed by atoms with Crippen LogP contribution in [0.15, 0.2) is 23.3 Å². The van der Waals surface area contributed by atoms with Gasteiger partial charge in [-0.15, -0.1) is 5.10 Å². The van der Waals surface area contributed by atoms with Crippen LogP contribution < -0.4 is 10.2 Å². The summed E-state index contributed by atoms with van der Waals surface area (Å²) in [5.74, 6) is -0.990. The van der Waals surface area contributed by atoms with Gasteiger partial charge >= 0.3 is 0 Å². The number of hydrogen-bond donors (Lipinski definition) is 1. The van der Waals surface area contributed by atoms with Crippen LogP contribution in [0.5, 0.6) is 0 Å². The van der Waals surface area contributed by atoms with E-state index in [1.807, 2.05) is 6.92 Å². The summed E-state index contributed by atoms with van der Waals surface area (Å²) in [6.45, 7) is 5.16. The fourth-order valence-electron chi connectivity index (χ4n) is 3.03. The smallest absolute Gasteiger partial charge is 0.270 e. The topological polar surface area (TPSA) is 82.1 Å². The molecule has 9 heteroatoms. The van der Waals surface area contributed by atoms with Crippen LogP contribution in [0.25, 0.3) is 0 Å². The number of rotatable bonds is 2. The summed E-state index contributed by atoms with van der Waals surface area (Å²) in [6, 6.07) is 5.16. The lowest BCUT2D eigenvalue weighted by Crippen LogP contribution is -2.48. The maximum atomic E-state index is 13.3. The molecule has 0 aliphatic carbocycles. The number of nitrogens with zero attached hydrogens (tertiary/aromatic N) is 3. The Morgan fingerprint density at radius 3 is 2.68 bits per heavy atom. The number of carbonyl (C=O) groups is 3. The molecular weight excluding hydrogens is 364 g/mol. The van der Waals surface area contributed by atoms with E-state index in [0.29, 0.717) is 22.8 Å². The van der Waals surface area contributed by atoms with Crippen molar-refractivity contribution < 1.29 is 14.4 Å². The molecule has 0 bridgehead atoms. The van der Waals surface area contributed by atoms with Crippen LogP contribution in [0.3, 0.4) is 0 Å². The first-order chi connectivity index (χ1) is 11.8. The lowest BCUT2D eigenvalue weighted by atomic mass is 10.1. The summed E-state index contributed by atoms with van der Waals surface area (Å²) in [4.78, 5) is 37.2. The minimum absolute atomic E-state index is 0.209. The Morgan fingerprint density at radius 1 is 1.36 bits per heavy atom. The number of benzene rings is 1. The zero-order valence-electron chi connectivity index (χ0n) is 14.0. The zero-order chi connectivity index (χ0) is 18.4. The van der Waals surface area contributed by atoms with Gasteiger partial charge in [0, 0.05) is 31.0 Å². The summed E-state index contributed by atoms with van der Waals surface area (Å²) < 4.78 is 0. The Morgan fingerprint density at radius 2 is 2.08 bits per heavy atom. The highest BCUT2D eigenvalue weighted by atomic mass is 35.5.